The lowest BCUT2D eigenvalue weighted by Crippen LogP contribution is -2.32. The number of hydrogen-bond donors (Lipinski definition) is 1. The summed E-state index contributed by atoms with van der Waals surface area (Å²) in [5, 5.41) is 8.73. The summed E-state index contributed by atoms with van der Waals surface area (Å²) in [6.45, 7) is 0. The summed E-state index contributed by atoms with van der Waals surface area (Å²) in [7, 11) is 7.31. The topological polar surface area (TPSA) is 73.7 Å². The fraction of sp³-hybridized carbons (Fsp3) is 0.214. The second kappa shape index (κ2) is 9.05. The number of aromatic nitrogens is 3. The minimum atomic E-state index is -0.438. The molecular weight excluding hydrogens is 490 g/mol. The molecule has 0 fully saturated rings. The van der Waals surface area contributed by atoms with E-state index in [9.17, 15) is 0 Å². The predicted molar refractivity (Wildman–Crippen MR) is 144 cm³/mol. The maximum atomic E-state index is 6.70. The summed E-state index contributed by atoms with van der Waals surface area (Å²) in [5.74, 6) is 2.66. The number of hydrogen-bond acceptors (Lipinski definition) is 7. The van der Waals surface area contributed by atoms with Crippen molar-refractivity contribution < 1.29 is 14.2 Å². The molecule has 9 heteroatoms. The first-order valence-corrected chi connectivity index (χ1v) is 12.2. The highest BCUT2D eigenvalue weighted by molar-refractivity contribution is 6.30. The van der Waals surface area contributed by atoms with E-state index in [2.05, 4.69) is 44.6 Å². The molecule has 3 aromatic carbocycles. The zero-order valence-electron chi connectivity index (χ0n) is 20.9. The number of anilines is 2. The molecule has 0 unspecified atom stereocenters. The third-order valence-corrected chi connectivity index (χ3v) is 7.05. The average molecular weight is 516 g/mol. The Hall–Kier alpha value is -4.17. The molecule has 6 rings (SSSR count). The zero-order chi connectivity index (χ0) is 25.7. The molecule has 1 N–H and O–H groups in total. The van der Waals surface area contributed by atoms with Crippen LogP contribution in [0.1, 0.15) is 28.8 Å². The van der Waals surface area contributed by atoms with Gasteiger partial charge in [-0.25, -0.2) is 4.68 Å². The van der Waals surface area contributed by atoms with Gasteiger partial charge in [-0.05, 0) is 48.0 Å². The van der Waals surface area contributed by atoms with Crippen molar-refractivity contribution in [1.82, 2.24) is 14.8 Å². The SMILES string of the molecule is COc1ccc([C@H]2Oc3ccc(Cl)cc3C3=C2[C@@H](c2ccc(N(C)C)cc2)n2ncnc2N3)cc1OC. The van der Waals surface area contributed by atoms with Gasteiger partial charge in [0.25, 0.3) is 0 Å². The Morgan fingerprint density at radius 3 is 2.43 bits per heavy atom. The minimum Gasteiger partial charge on any atom is -0.493 e. The van der Waals surface area contributed by atoms with E-state index in [1.807, 2.05) is 55.2 Å². The maximum absolute atomic E-state index is 6.70. The molecule has 0 aliphatic carbocycles. The molecule has 0 spiro atoms. The van der Waals surface area contributed by atoms with Crippen molar-refractivity contribution in [3.63, 3.8) is 0 Å². The van der Waals surface area contributed by atoms with Crippen molar-refractivity contribution in [1.29, 1.82) is 0 Å². The fourth-order valence-electron chi connectivity index (χ4n) is 5.01. The molecule has 2 aliphatic heterocycles. The first-order valence-electron chi connectivity index (χ1n) is 11.8. The first-order chi connectivity index (χ1) is 18.0. The Kier molecular flexibility index (Phi) is 5.68. The van der Waals surface area contributed by atoms with Crippen LogP contribution in [0.3, 0.4) is 0 Å². The Morgan fingerprint density at radius 1 is 0.946 bits per heavy atom. The van der Waals surface area contributed by atoms with Crippen molar-refractivity contribution in [2.45, 2.75) is 12.1 Å². The molecule has 2 aliphatic rings. The molecule has 0 bridgehead atoms. The number of nitrogens with zero attached hydrogens (tertiary/aromatic N) is 4. The molecule has 0 amide bonds. The molecule has 37 heavy (non-hydrogen) atoms. The third-order valence-electron chi connectivity index (χ3n) is 6.81. The highest BCUT2D eigenvalue weighted by Crippen LogP contribution is 2.51. The Labute approximate surface area is 220 Å². The lowest BCUT2D eigenvalue weighted by atomic mass is 9.84. The molecule has 0 saturated carbocycles. The highest BCUT2D eigenvalue weighted by atomic mass is 35.5. The lowest BCUT2D eigenvalue weighted by Gasteiger charge is -2.39. The zero-order valence-corrected chi connectivity index (χ0v) is 21.7. The van der Waals surface area contributed by atoms with Crippen LogP contribution in [0.2, 0.25) is 5.02 Å². The Balaban J connectivity index is 1.59. The van der Waals surface area contributed by atoms with E-state index in [1.54, 1.807) is 20.5 Å². The standard InChI is InChI=1S/C28H26ClN5O3/c1-33(2)19-9-5-16(6-10-19)26-24-25(32-28-30-15-31-34(26)28)20-14-18(29)8-12-21(20)37-27(24)17-7-11-22(35-3)23(13-17)36-4/h5-15,26-27H,1-4H3,(H,30,31,32)/t26-,27-/m1/s1. The largest absolute Gasteiger partial charge is 0.493 e. The van der Waals surface area contributed by atoms with E-state index in [0.29, 0.717) is 22.5 Å². The highest BCUT2D eigenvalue weighted by Gasteiger charge is 2.41. The van der Waals surface area contributed by atoms with Gasteiger partial charge in [0.1, 0.15) is 24.2 Å². The number of nitrogens with one attached hydrogen (secondary N) is 1. The van der Waals surface area contributed by atoms with Gasteiger partial charge in [0, 0.05) is 41.5 Å². The van der Waals surface area contributed by atoms with E-state index in [0.717, 1.165) is 39.4 Å². The molecule has 4 aromatic rings. The van der Waals surface area contributed by atoms with Gasteiger partial charge < -0.3 is 24.4 Å². The van der Waals surface area contributed by atoms with Gasteiger partial charge in [-0.15, -0.1) is 0 Å². The molecular formula is C28H26ClN5O3. The summed E-state index contributed by atoms with van der Waals surface area (Å²) < 4.78 is 19.7. The summed E-state index contributed by atoms with van der Waals surface area (Å²) in [4.78, 5) is 6.58. The summed E-state index contributed by atoms with van der Waals surface area (Å²) in [5.41, 5.74) is 5.88. The number of methoxy groups -OCH3 is 2. The summed E-state index contributed by atoms with van der Waals surface area (Å²) in [6, 6.07) is 19.7. The van der Waals surface area contributed by atoms with E-state index in [1.165, 1.54) is 0 Å². The van der Waals surface area contributed by atoms with Crippen molar-refractivity contribution in [3.8, 4) is 17.2 Å². The first kappa shape index (κ1) is 23.2. The van der Waals surface area contributed by atoms with Crippen LogP contribution < -0.4 is 24.4 Å². The van der Waals surface area contributed by atoms with Crippen molar-refractivity contribution in [2.75, 3.05) is 38.5 Å². The quantitative estimate of drug-likeness (QED) is 0.372. The smallest absolute Gasteiger partial charge is 0.226 e. The normalized spacial score (nSPS) is 17.6. The average Bonchev–Trinajstić information content (AvgIpc) is 3.39. The van der Waals surface area contributed by atoms with Crippen LogP contribution in [-0.4, -0.2) is 43.1 Å². The molecule has 0 radical (unpaired) electrons. The number of halogens is 1. The van der Waals surface area contributed by atoms with E-state index in [4.69, 9.17) is 25.8 Å². The van der Waals surface area contributed by atoms with Crippen LogP contribution >= 0.6 is 11.6 Å². The van der Waals surface area contributed by atoms with Crippen LogP contribution in [0, 0.1) is 0 Å². The molecule has 8 nitrogen and oxygen atoms in total. The van der Waals surface area contributed by atoms with Crippen LogP contribution in [-0.2, 0) is 0 Å². The van der Waals surface area contributed by atoms with E-state index in [-0.39, 0.29) is 6.04 Å². The van der Waals surface area contributed by atoms with Gasteiger partial charge in [-0.1, -0.05) is 29.8 Å². The van der Waals surface area contributed by atoms with Crippen LogP contribution in [0.4, 0.5) is 11.6 Å². The third kappa shape index (κ3) is 3.84. The van der Waals surface area contributed by atoms with Crippen molar-refractivity contribution in [2.24, 2.45) is 0 Å². The predicted octanol–water partition coefficient (Wildman–Crippen LogP) is 5.57. The number of ether oxygens (including phenoxy) is 3. The van der Waals surface area contributed by atoms with Gasteiger partial charge in [0.05, 0.1) is 19.9 Å². The number of fused-ring (bicyclic) bond motifs is 3. The Bertz CT molecular complexity index is 1510. The number of benzene rings is 3. The Morgan fingerprint density at radius 2 is 1.70 bits per heavy atom. The van der Waals surface area contributed by atoms with Crippen LogP contribution in [0.15, 0.2) is 72.6 Å². The molecule has 0 saturated heterocycles. The summed E-state index contributed by atoms with van der Waals surface area (Å²) >= 11 is 6.44. The van der Waals surface area contributed by atoms with Crippen LogP contribution in [0.25, 0.3) is 5.70 Å². The van der Waals surface area contributed by atoms with E-state index >= 15 is 0 Å². The second-order valence-electron chi connectivity index (χ2n) is 9.12. The van der Waals surface area contributed by atoms with Gasteiger partial charge in [-0.3, -0.25) is 0 Å². The van der Waals surface area contributed by atoms with E-state index < -0.39 is 6.10 Å². The molecule has 2 atom stereocenters. The minimum absolute atomic E-state index is 0.268. The number of rotatable bonds is 5. The van der Waals surface area contributed by atoms with Gasteiger partial charge >= 0.3 is 0 Å². The molecule has 3 heterocycles. The van der Waals surface area contributed by atoms with Gasteiger partial charge in [0.2, 0.25) is 5.95 Å². The van der Waals surface area contributed by atoms with Crippen LogP contribution in [0.5, 0.6) is 17.2 Å². The van der Waals surface area contributed by atoms with Crippen molar-refractivity contribution >= 4 is 28.9 Å². The molecule has 1 aromatic heterocycles. The van der Waals surface area contributed by atoms with Gasteiger partial charge in [0.15, 0.2) is 11.5 Å². The monoisotopic (exact) mass is 515 g/mol. The maximum Gasteiger partial charge on any atom is 0.226 e. The lowest BCUT2D eigenvalue weighted by molar-refractivity contribution is 0.222. The molecule has 188 valence electrons. The van der Waals surface area contributed by atoms with Crippen molar-refractivity contribution in [3.05, 3.63) is 94.3 Å². The summed E-state index contributed by atoms with van der Waals surface area (Å²) in [6.07, 6.45) is 1.12. The second-order valence-corrected chi connectivity index (χ2v) is 9.56. The van der Waals surface area contributed by atoms with Gasteiger partial charge in [-0.2, -0.15) is 10.1 Å². The fourth-order valence-corrected chi connectivity index (χ4v) is 5.18.